The lowest BCUT2D eigenvalue weighted by molar-refractivity contribution is 0.0690. The molecule has 1 N–H and O–H groups in total. The van der Waals surface area contributed by atoms with Crippen molar-refractivity contribution in [2.75, 3.05) is 0 Å². The molecule has 2 aromatic heterocycles. The first-order valence-electron chi connectivity index (χ1n) is 5.81. The van der Waals surface area contributed by atoms with Gasteiger partial charge in [-0.05, 0) is 24.4 Å². The SMILES string of the molecule is Cc1ccn(-c2nc(C(=O)O)cc3ccccc23)n1. The number of aromatic nitrogens is 3. The van der Waals surface area contributed by atoms with Gasteiger partial charge in [-0.2, -0.15) is 5.10 Å². The molecule has 0 aliphatic carbocycles. The number of hydrogen-bond acceptors (Lipinski definition) is 3. The molecular weight excluding hydrogens is 242 g/mol. The fraction of sp³-hybridized carbons (Fsp3) is 0.0714. The molecule has 3 rings (SSSR count). The molecule has 0 unspecified atom stereocenters. The molecule has 5 heteroatoms. The highest BCUT2D eigenvalue weighted by molar-refractivity contribution is 5.95. The van der Waals surface area contributed by atoms with Crippen molar-refractivity contribution in [2.45, 2.75) is 6.92 Å². The van der Waals surface area contributed by atoms with Gasteiger partial charge >= 0.3 is 5.97 Å². The monoisotopic (exact) mass is 253 g/mol. The molecule has 2 heterocycles. The summed E-state index contributed by atoms with van der Waals surface area (Å²) in [5.41, 5.74) is 0.869. The number of hydrogen-bond donors (Lipinski definition) is 1. The summed E-state index contributed by atoms with van der Waals surface area (Å²) in [6, 6.07) is 10.9. The number of carbonyl (C=O) groups is 1. The van der Waals surface area contributed by atoms with Crippen LogP contribution in [0.1, 0.15) is 16.2 Å². The second-order valence-corrected chi connectivity index (χ2v) is 4.26. The Morgan fingerprint density at radius 3 is 2.74 bits per heavy atom. The Hall–Kier alpha value is -2.69. The van der Waals surface area contributed by atoms with Crippen LogP contribution in [0.3, 0.4) is 0 Å². The van der Waals surface area contributed by atoms with Gasteiger partial charge in [0.1, 0.15) is 0 Å². The molecule has 3 aromatic rings. The zero-order chi connectivity index (χ0) is 13.4. The van der Waals surface area contributed by atoms with Crippen molar-refractivity contribution in [3.8, 4) is 5.82 Å². The first-order valence-corrected chi connectivity index (χ1v) is 5.81. The highest BCUT2D eigenvalue weighted by atomic mass is 16.4. The highest BCUT2D eigenvalue weighted by Gasteiger charge is 2.12. The predicted octanol–water partition coefficient (Wildman–Crippen LogP) is 2.43. The van der Waals surface area contributed by atoms with Crippen LogP contribution >= 0.6 is 0 Å². The Morgan fingerprint density at radius 2 is 2.05 bits per heavy atom. The van der Waals surface area contributed by atoms with E-state index >= 15 is 0 Å². The largest absolute Gasteiger partial charge is 0.477 e. The zero-order valence-corrected chi connectivity index (χ0v) is 10.2. The molecule has 0 saturated carbocycles. The van der Waals surface area contributed by atoms with E-state index in [1.54, 1.807) is 16.9 Å². The van der Waals surface area contributed by atoms with Crippen LogP contribution in [0.15, 0.2) is 42.6 Å². The van der Waals surface area contributed by atoms with E-state index in [4.69, 9.17) is 5.11 Å². The average molecular weight is 253 g/mol. The number of pyridine rings is 1. The number of aromatic carboxylic acids is 1. The summed E-state index contributed by atoms with van der Waals surface area (Å²) in [6.45, 7) is 1.87. The minimum Gasteiger partial charge on any atom is -0.477 e. The van der Waals surface area contributed by atoms with Crippen molar-refractivity contribution >= 4 is 16.7 Å². The van der Waals surface area contributed by atoms with E-state index in [0.717, 1.165) is 16.5 Å². The number of rotatable bonds is 2. The second-order valence-electron chi connectivity index (χ2n) is 4.26. The maximum Gasteiger partial charge on any atom is 0.354 e. The van der Waals surface area contributed by atoms with Gasteiger partial charge in [0.25, 0.3) is 0 Å². The molecule has 0 fully saturated rings. The molecule has 0 amide bonds. The van der Waals surface area contributed by atoms with Gasteiger partial charge in [0.05, 0.1) is 5.69 Å². The van der Waals surface area contributed by atoms with Crippen molar-refractivity contribution in [3.05, 3.63) is 54.0 Å². The molecule has 0 bridgehead atoms. The van der Waals surface area contributed by atoms with Gasteiger partial charge in [0.15, 0.2) is 11.5 Å². The summed E-state index contributed by atoms with van der Waals surface area (Å²) in [4.78, 5) is 15.3. The van der Waals surface area contributed by atoms with Crippen LogP contribution in [0, 0.1) is 6.92 Å². The first-order chi connectivity index (χ1) is 9.15. The summed E-state index contributed by atoms with van der Waals surface area (Å²) in [6.07, 6.45) is 1.77. The van der Waals surface area contributed by atoms with Crippen LogP contribution in [0.4, 0.5) is 0 Å². The number of carboxylic acid groups (broad SMARTS) is 1. The fourth-order valence-electron chi connectivity index (χ4n) is 2.00. The molecule has 0 aliphatic heterocycles. The maximum atomic E-state index is 11.1. The Labute approximate surface area is 109 Å². The second kappa shape index (κ2) is 4.20. The summed E-state index contributed by atoms with van der Waals surface area (Å²) in [5, 5.41) is 15.1. The number of fused-ring (bicyclic) bond motifs is 1. The first kappa shape index (κ1) is 11.4. The highest BCUT2D eigenvalue weighted by Crippen LogP contribution is 2.21. The molecule has 0 atom stereocenters. The van der Waals surface area contributed by atoms with Crippen LogP contribution in [0.5, 0.6) is 0 Å². The third-order valence-corrected chi connectivity index (χ3v) is 2.88. The van der Waals surface area contributed by atoms with Crippen LogP contribution in [0.2, 0.25) is 0 Å². The fourth-order valence-corrected chi connectivity index (χ4v) is 2.00. The lowest BCUT2D eigenvalue weighted by Gasteiger charge is -2.07. The van der Waals surface area contributed by atoms with Gasteiger partial charge in [-0.15, -0.1) is 0 Å². The standard InChI is InChI=1S/C14H11N3O2/c1-9-6-7-17(16-9)13-11-5-3-2-4-10(11)8-12(15-13)14(18)19/h2-8H,1H3,(H,18,19). The van der Waals surface area contributed by atoms with Crippen LogP contribution in [0.25, 0.3) is 16.6 Å². The van der Waals surface area contributed by atoms with E-state index < -0.39 is 5.97 Å². The average Bonchev–Trinajstić information content (AvgIpc) is 2.84. The van der Waals surface area contributed by atoms with Crippen molar-refractivity contribution in [1.29, 1.82) is 0 Å². The minimum atomic E-state index is -1.05. The Bertz CT molecular complexity index is 777. The number of benzene rings is 1. The van der Waals surface area contributed by atoms with Crippen molar-refractivity contribution in [1.82, 2.24) is 14.8 Å². The van der Waals surface area contributed by atoms with Crippen LogP contribution < -0.4 is 0 Å². The zero-order valence-electron chi connectivity index (χ0n) is 10.2. The summed E-state index contributed by atoms with van der Waals surface area (Å²) >= 11 is 0. The van der Waals surface area contributed by atoms with Gasteiger partial charge < -0.3 is 5.11 Å². The molecule has 0 saturated heterocycles. The number of nitrogens with zero attached hydrogens (tertiary/aromatic N) is 3. The van der Waals surface area contributed by atoms with Gasteiger partial charge in [0, 0.05) is 11.6 Å². The Kier molecular flexibility index (Phi) is 2.52. The van der Waals surface area contributed by atoms with E-state index in [1.807, 2.05) is 37.3 Å². The number of aryl methyl sites for hydroxylation is 1. The molecule has 5 nitrogen and oxygen atoms in total. The van der Waals surface area contributed by atoms with Crippen molar-refractivity contribution in [3.63, 3.8) is 0 Å². The maximum absolute atomic E-state index is 11.1. The van der Waals surface area contributed by atoms with E-state index in [2.05, 4.69) is 10.1 Å². The van der Waals surface area contributed by atoms with Gasteiger partial charge in [-0.25, -0.2) is 14.5 Å². The van der Waals surface area contributed by atoms with Gasteiger partial charge in [-0.3, -0.25) is 0 Å². The quantitative estimate of drug-likeness (QED) is 0.761. The van der Waals surface area contributed by atoms with Crippen LogP contribution in [-0.4, -0.2) is 25.8 Å². The minimum absolute atomic E-state index is 0.0156. The smallest absolute Gasteiger partial charge is 0.354 e. The third kappa shape index (κ3) is 1.95. The van der Waals surface area contributed by atoms with E-state index in [1.165, 1.54) is 0 Å². The molecule has 0 radical (unpaired) electrons. The van der Waals surface area contributed by atoms with E-state index in [0.29, 0.717) is 5.82 Å². The van der Waals surface area contributed by atoms with Gasteiger partial charge in [0.2, 0.25) is 0 Å². The predicted molar refractivity (Wildman–Crippen MR) is 70.6 cm³/mol. The third-order valence-electron chi connectivity index (χ3n) is 2.88. The Morgan fingerprint density at radius 1 is 1.26 bits per heavy atom. The normalized spacial score (nSPS) is 10.8. The molecule has 19 heavy (non-hydrogen) atoms. The van der Waals surface area contributed by atoms with E-state index in [-0.39, 0.29) is 5.69 Å². The topological polar surface area (TPSA) is 68.0 Å². The molecule has 0 spiro atoms. The Balaban J connectivity index is 2.35. The lowest BCUT2D eigenvalue weighted by Crippen LogP contribution is -2.06. The van der Waals surface area contributed by atoms with Crippen LogP contribution in [-0.2, 0) is 0 Å². The van der Waals surface area contributed by atoms with Gasteiger partial charge in [-0.1, -0.05) is 24.3 Å². The van der Waals surface area contributed by atoms with Crippen molar-refractivity contribution in [2.24, 2.45) is 0 Å². The molecule has 94 valence electrons. The molecular formula is C14H11N3O2. The summed E-state index contributed by atoms with van der Waals surface area (Å²) in [5.74, 6) is -0.514. The molecule has 0 aliphatic rings. The van der Waals surface area contributed by atoms with Crippen molar-refractivity contribution < 1.29 is 9.90 Å². The summed E-state index contributed by atoms with van der Waals surface area (Å²) < 4.78 is 1.60. The summed E-state index contributed by atoms with van der Waals surface area (Å²) in [7, 11) is 0. The van der Waals surface area contributed by atoms with E-state index in [9.17, 15) is 4.79 Å². The lowest BCUT2D eigenvalue weighted by atomic mass is 10.1. The molecule has 1 aromatic carbocycles. The number of carboxylic acids is 1.